The predicted molar refractivity (Wildman–Crippen MR) is 122 cm³/mol. The maximum Gasteiger partial charge on any atom is 0.339 e. The van der Waals surface area contributed by atoms with Gasteiger partial charge in [0.15, 0.2) is 5.75 Å². The highest BCUT2D eigenvalue weighted by molar-refractivity contribution is 7.87. The molecule has 0 aliphatic heterocycles. The van der Waals surface area contributed by atoms with E-state index in [9.17, 15) is 13.7 Å². The van der Waals surface area contributed by atoms with Crippen LogP contribution in [0, 0.1) is 18.3 Å². The van der Waals surface area contributed by atoms with E-state index in [1.807, 2.05) is 31.2 Å². The summed E-state index contributed by atoms with van der Waals surface area (Å²) in [6.45, 7) is 1.96. The molecular weight excluding hydrogens is 457 g/mol. The minimum Gasteiger partial charge on any atom is -0.493 e. The first-order chi connectivity index (χ1) is 14.7. The number of hydrogen-bond acceptors (Lipinski definition) is 5. The molecule has 0 unspecified atom stereocenters. The lowest BCUT2D eigenvalue weighted by Crippen LogP contribution is -2.10. The smallest absolute Gasteiger partial charge is 0.339 e. The van der Waals surface area contributed by atoms with Crippen LogP contribution in [-0.4, -0.2) is 15.5 Å². The Hall–Kier alpha value is -2.98. The number of allylic oxidation sites excluding steroid dienone is 1. The molecule has 158 valence electrons. The maximum atomic E-state index is 12.6. The lowest BCUT2D eigenvalue weighted by Gasteiger charge is -2.13. The summed E-state index contributed by atoms with van der Waals surface area (Å²) in [6, 6.07) is 18.3. The number of nitriles is 1. The molecule has 0 aliphatic rings. The van der Waals surface area contributed by atoms with E-state index in [-0.39, 0.29) is 21.4 Å². The third-order valence-corrected chi connectivity index (χ3v) is 6.11. The van der Waals surface area contributed by atoms with Crippen molar-refractivity contribution in [2.45, 2.75) is 11.8 Å². The molecule has 0 bridgehead atoms. The van der Waals surface area contributed by atoms with Crippen molar-refractivity contribution in [1.29, 1.82) is 5.26 Å². The van der Waals surface area contributed by atoms with E-state index in [2.05, 4.69) is 6.07 Å². The first-order valence-corrected chi connectivity index (χ1v) is 11.2. The van der Waals surface area contributed by atoms with Gasteiger partial charge in [0.1, 0.15) is 4.90 Å². The average Bonchev–Trinajstić information content (AvgIpc) is 2.74. The second kappa shape index (κ2) is 9.44. The van der Waals surface area contributed by atoms with Crippen LogP contribution in [0.1, 0.15) is 16.7 Å². The molecule has 31 heavy (non-hydrogen) atoms. The van der Waals surface area contributed by atoms with E-state index in [0.717, 1.165) is 11.1 Å². The van der Waals surface area contributed by atoms with Gasteiger partial charge in [0.05, 0.1) is 23.8 Å². The minimum absolute atomic E-state index is 0.0179. The summed E-state index contributed by atoms with van der Waals surface area (Å²) in [6.07, 6.45) is 1.64. The van der Waals surface area contributed by atoms with Crippen LogP contribution in [0.3, 0.4) is 0 Å². The van der Waals surface area contributed by atoms with E-state index in [0.29, 0.717) is 16.2 Å². The van der Waals surface area contributed by atoms with Crippen LogP contribution in [0.4, 0.5) is 0 Å². The van der Waals surface area contributed by atoms with Gasteiger partial charge in [0, 0.05) is 5.02 Å². The van der Waals surface area contributed by atoms with Crippen LogP contribution in [-0.2, 0) is 10.1 Å². The molecule has 0 atom stereocenters. The van der Waals surface area contributed by atoms with E-state index < -0.39 is 10.1 Å². The zero-order valence-corrected chi connectivity index (χ0v) is 18.9. The van der Waals surface area contributed by atoms with Gasteiger partial charge in [-0.2, -0.15) is 13.7 Å². The first kappa shape index (κ1) is 22.7. The van der Waals surface area contributed by atoms with Crippen molar-refractivity contribution in [2.75, 3.05) is 7.11 Å². The van der Waals surface area contributed by atoms with Crippen LogP contribution in [0.5, 0.6) is 11.5 Å². The Labute approximate surface area is 191 Å². The van der Waals surface area contributed by atoms with Crippen molar-refractivity contribution in [3.8, 4) is 17.6 Å². The molecule has 3 aromatic carbocycles. The Morgan fingerprint density at radius 1 is 1.03 bits per heavy atom. The zero-order chi connectivity index (χ0) is 22.6. The van der Waals surface area contributed by atoms with Gasteiger partial charge in [-0.25, -0.2) is 0 Å². The third-order valence-electron chi connectivity index (χ3n) is 4.34. The molecule has 0 amide bonds. The van der Waals surface area contributed by atoms with Crippen LogP contribution < -0.4 is 8.92 Å². The van der Waals surface area contributed by atoms with Gasteiger partial charge in [-0.3, -0.25) is 0 Å². The highest BCUT2D eigenvalue weighted by Gasteiger charge is 2.22. The normalized spacial score (nSPS) is 11.6. The van der Waals surface area contributed by atoms with Crippen molar-refractivity contribution in [3.63, 3.8) is 0 Å². The predicted octanol–water partition coefficient (Wildman–Crippen LogP) is 6.14. The van der Waals surface area contributed by atoms with Gasteiger partial charge >= 0.3 is 10.1 Å². The van der Waals surface area contributed by atoms with Crippen LogP contribution in [0.25, 0.3) is 11.6 Å². The fourth-order valence-electron chi connectivity index (χ4n) is 2.74. The van der Waals surface area contributed by atoms with Crippen molar-refractivity contribution in [2.24, 2.45) is 0 Å². The number of ether oxygens (including phenoxy) is 1. The number of hydrogen-bond donors (Lipinski definition) is 0. The minimum atomic E-state index is -4.16. The number of rotatable bonds is 6. The Bertz CT molecular complexity index is 1280. The third kappa shape index (κ3) is 5.39. The van der Waals surface area contributed by atoms with Crippen molar-refractivity contribution >= 4 is 45.0 Å². The van der Waals surface area contributed by atoms with Crippen LogP contribution in [0.2, 0.25) is 10.0 Å². The van der Waals surface area contributed by atoms with Gasteiger partial charge in [-0.1, -0.05) is 53.0 Å². The first-order valence-electron chi connectivity index (χ1n) is 9.00. The summed E-state index contributed by atoms with van der Waals surface area (Å²) in [7, 11) is -2.80. The van der Waals surface area contributed by atoms with Gasteiger partial charge in [-0.05, 0) is 60.5 Å². The molecule has 0 spiro atoms. The molecule has 0 aromatic heterocycles. The monoisotopic (exact) mass is 473 g/mol. The van der Waals surface area contributed by atoms with Gasteiger partial charge in [0.2, 0.25) is 5.75 Å². The molecular formula is C23H17Cl2NO4S. The zero-order valence-electron chi connectivity index (χ0n) is 16.6. The summed E-state index contributed by atoms with van der Waals surface area (Å²) < 4.78 is 35.8. The van der Waals surface area contributed by atoms with E-state index in [1.165, 1.54) is 37.4 Å². The summed E-state index contributed by atoms with van der Waals surface area (Å²) in [4.78, 5) is -0.0786. The molecule has 5 nitrogen and oxygen atoms in total. The van der Waals surface area contributed by atoms with Gasteiger partial charge in [-0.15, -0.1) is 0 Å². The standard InChI is InChI=1S/C23H17Cl2NO4S/c1-15-3-5-17(6-4-15)18(14-26)11-16-12-21(25)23(22(13-16)29-2)30-31(27,28)20-9-7-19(24)8-10-20/h3-13H,1-2H3/b18-11+. The highest BCUT2D eigenvalue weighted by atomic mass is 35.5. The summed E-state index contributed by atoms with van der Waals surface area (Å²) in [5, 5.41) is 9.98. The fourth-order valence-corrected chi connectivity index (χ4v) is 4.13. The number of methoxy groups -OCH3 is 1. The average molecular weight is 474 g/mol. The van der Waals surface area contributed by atoms with E-state index >= 15 is 0 Å². The molecule has 3 rings (SSSR count). The molecule has 0 saturated heterocycles. The molecule has 0 saturated carbocycles. The van der Waals surface area contributed by atoms with Crippen LogP contribution in [0.15, 0.2) is 65.6 Å². The van der Waals surface area contributed by atoms with Crippen molar-refractivity contribution in [3.05, 3.63) is 87.4 Å². The summed E-state index contributed by atoms with van der Waals surface area (Å²) >= 11 is 12.1. The number of benzene rings is 3. The number of halogens is 2. The maximum absolute atomic E-state index is 12.6. The van der Waals surface area contributed by atoms with Crippen molar-refractivity contribution in [1.82, 2.24) is 0 Å². The molecule has 3 aromatic rings. The molecule has 0 N–H and O–H groups in total. The van der Waals surface area contributed by atoms with E-state index in [1.54, 1.807) is 12.1 Å². The largest absolute Gasteiger partial charge is 0.493 e. The van der Waals surface area contributed by atoms with Gasteiger partial charge in [0.25, 0.3) is 0 Å². The fraction of sp³-hybridized carbons (Fsp3) is 0.0870. The Morgan fingerprint density at radius 3 is 2.26 bits per heavy atom. The second-order valence-corrected chi connectivity index (χ2v) is 8.95. The topological polar surface area (TPSA) is 76.4 Å². The Balaban J connectivity index is 1.99. The van der Waals surface area contributed by atoms with Crippen LogP contribution >= 0.6 is 23.2 Å². The quantitative estimate of drug-likeness (QED) is 0.244. The second-order valence-electron chi connectivity index (χ2n) is 6.56. The Kier molecular flexibility index (Phi) is 6.91. The van der Waals surface area contributed by atoms with Crippen molar-refractivity contribution < 1.29 is 17.3 Å². The SMILES string of the molecule is COc1cc(/C=C(\C#N)c2ccc(C)cc2)cc(Cl)c1OS(=O)(=O)c1ccc(Cl)cc1. The summed E-state index contributed by atoms with van der Waals surface area (Å²) in [5.74, 6) is -0.0393. The Morgan fingerprint density at radius 2 is 1.68 bits per heavy atom. The molecule has 0 heterocycles. The highest BCUT2D eigenvalue weighted by Crippen LogP contribution is 2.39. The number of aryl methyl sites for hydroxylation is 1. The lowest BCUT2D eigenvalue weighted by molar-refractivity contribution is 0.390. The number of nitrogens with zero attached hydrogens (tertiary/aromatic N) is 1. The molecule has 0 radical (unpaired) electrons. The molecule has 0 aliphatic carbocycles. The van der Waals surface area contributed by atoms with Gasteiger partial charge < -0.3 is 8.92 Å². The lowest BCUT2D eigenvalue weighted by atomic mass is 10.0. The van der Waals surface area contributed by atoms with E-state index in [4.69, 9.17) is 32.1 Å². The molecule has 0 fully saturated rings. The molecule has 8 heteroatoms. The summed E-state index contributed by atoms with van der Waals surface area (Å²) in [5.41, 5.74) is 2.79.